The topological polar surface area (TPSA) is 43.5 Å². The molecule has 5 rings (SSSR count). The first-order valence-corrected chi connectivity index (χ1v) is 8.11. The van der Waals surface area contributed by atoms with E-state index in [1.807, 2.05) is 12.1 Å². The molecule has 2 heterocycles. The monoisotopic (exact) mass is 310 g/mol. The zero-order chi connectivity index (χ0) is 15.2. The van der Waals surface area contributed by atoms with E-state index in [4.69, 9.17) is 18.9 Å². The SMILES string of the molecule is c1cc(OCC2CO2)c2c(c1)-c1cccc(OCC3CO3)c1C2. The fraction of sp³-hybridized carbons (Fsp3) is 0.368. The molecule has 2 aromatic rings. The number of rotatable bonds is 6. The fourth-order valence-electron chi connectivity index (χ4n) is 3.14. The first kappa shape index (κ1) is 13.4. The van der Waals surface area contributed by atoms with Crippen LogP contribution in [0.2, 0.25) is 0 Å². The van der Waals surface area contributed by atoms with Crippen molar-refractivity contribution in [3.8, 4) is 22.6 Å². The lowest BCUT2D eigenvalue weighted by molar-refractivity contribution is 0.260. The molecular formula is C19H18O4. The van der Waals surface area contributed by atoms with Gasteiger partial charge >= 0.3 is 0 Å². The number of benzene rings is 2. The minimum Gasteiger partial charge on any atom is -0.490 e. The van der Waals surface area contributed by atoms with Crippen LogP contribution in [0.15, 0.2) is 36.4 Å². The molecule has 0 aromatic heterocycles. The second-order valence-corrected chi connectivity index (χ2v) is 6.27. The van der Waals surface area contributed by atoms with Crippen molar-refractivity contribution in [3.63, 3.8) is 0 Å². The standard InChI is InChI=1S/C19H18O4/c1-3-14-15-4-2-6-19(23-11-13-9-21-13)17(15)7-16(14)18(5-1)22-10-12-8-20-12/h1-6,12-13H,7-11H2. The van der Waals surface area contributed by atoms with Crippen LogP contribution in [0.1, 0.15) is 11.1 Å². The molecule has 0 N–H and O–H groups in total. The van der Waals surface area contributed by atoms with Crippen molar-refractivity contribution in [3.05, 3.63) is 47.5 Å². The molecule has 118 valence electrons. The fourth-order valence-corrected chi connectivity index (χ4v) is 3.14. The van der Waals surface area contributed by atoms with Crippen LogP contribution >= 0.6 is 0 Å². The van der Waals surface area contributed by atoms with Crippen molar-refractivity contribution in [1.29, 1.82) is 0 Å². The Kier molecular flexibility index (Phi) is 3.06. The summed E-state index contributed by atoms with van der Waals surface area (Å²) in [5.41, 5.74) is 5.01. The molecule has 2 fully saturated rings. The molecule has 0 saturated carbocycles. The van der Waals surface area contributed by atoms with Gasteiger partial charge < -0.3 is 18.9 Å². The van der Waals surface area contributed by atoms with Crippen molar-refractivity contribution in [2.75, 3.05) is 26.4 Å². The van der Waals surface area contributed by atoms with E-state index < -0.39 is 0 Å². The summed E-state index contributed by atoms with van der Waals surface area (Å²) in [5, 5.41) is 0. The molecule has 4 heteroatoms. The first-order chi connectivity index (χ1) is 11.4. The Bertz CT molecular complexity index is 684. The van der Waals surface area contributed by atoms with Crippen LogP contribution in [0.5, 0.6) is 11.5 Å². The Morgan fingerprint density at radius 2 is 1.26 bits per heavy atom. The molecule has 2 atom stereocenters. The summed E-state index contributed by atoms with van der Waals surface area (Å²) < 4.78 is 22.4. The van der Waals surface area contributed by atoms with Crippen molar-refractivity contribution in [1.82, 2.24) is 0 Å². The quantitative estimate of drug-likeness (QED) is 0.657. The minimum absolute atomic E-state index is 0.270. The van der Waals surface area contributed by atoms with Gasteiger partial charge in [0.05, 0.1) is 13.2 Å². The highest BCUT2D eigenvalue weighted by atomic mass is 16.6. The number of ether oxygens (including phenoxy) is 4. The third-order valence-electron chi connectivity index (χ3n) is 4.56. The zero-order valence-corrected chi connectivity index (χ0v) is 12.8. The van der Waals surface area contributed by atoms with Crippen LogP contribution in [0.25, 0.3) is 11.1 Å². The maximum absolute atomic E-state index is 5.97. The summed E-state index contributed by atoms with van der Waals surface area (Å²) in [7, 11) is 0. The first-order valence-electron chi connectivity index (χ1n) is 8.11. The van der Waals surface area contributed by atoms with Crippen LogP contribution in [-0.4, -0.2) is 38.6 Å². The highest BCUT2D eigenvalue weighted by molar-refractivity contribution is 5.81. The Morgan fingerprint density at radius 3 is 1.70 bits per heavy atom. The molecule has 23 heavy (non-hydrogen) atoms. The zero-order valence-electron chi connectivity index (χ0n) is 12.8. The third kappa shape index (κ3) is 2.58. The summed E-state index contributed by atoms with van der Waals surface area (Å²) in [6.45, 7) is 2.90. The molecule has 1 aliphatic carbocycles. The van der Waals surface area contributed by atoms with Crippen molar-refractivity contribution in [2.24, 2.45) is 0 Å². The van der Waals surface area contributed by atoms with Gasteiger partial charge in [0.2, 0.25) is 0 Å². The maximum atomic E-state index is 5.97. The molecule has 0 radical (unpaired) electrons. The summed E-state index contributed by atoms with van der Waals surface area (Å²) in [4.78, 5) is 0. The van der Waals surface area contributed by atoms with Gasteiger partial charge in [-0.2, -0.15) is 0 Å². The van der Waals surface area contributed by atoms with E-state index in [9.17, 15) is 0 Å². The van der Waals surface area contributed by atoms with E-state index in [-0.39, 0.29) is 12.2 Å². The van der Waals surface area contributed by atoms with Crippen LogP contribution in [0.3, 0.4) is 0 Å². The summed E-state index contributed by atoms with van der Waals surface area (Å²) >= 11 is 0. The van der Waals surface area contributed by atoms with Gasteiger partial charge in [-0.1, -0.05) is 24.3 Å². The lowest BCUT2D eigenvalue weighted by Crippen LogP contribution is -2.06. The number of hydrogen-bond donors (Lipinski definition) is 0. The van der Waals surface area contributed by atoms with E-state index in [1.165, 1.54) is 22.3 Å². The summed E-state index contributed by atoms with van der Waals surface area (Å²) in [5.74, 6) is 1.93. The number of fused-ring (bicyclic) bond motifs is 3. The molecule has 4 nitrogen and oxygen atoms in total. The number of epoxide rings is 2. The minimum atomic E-state index is 0.270. The second-order valence-electron chi connectivity index (χ2n) is 6.27. The predicted molar refractivity (Wildman–Crippen MR) is 85.2 cm³/mol. The largest absolute Gasteiger partial charge is 0.490 e. The smallest absolute Gasteiger partial charge is 0.123 e. The molecule has 3 aliphatic rings. The van der Waals surface area contributed by atoms with Crippen molar-refractivity contribution < 1.29 is 18.9 Å². The second kappa shape index (κ2) is 5.25. The van der Waals surface area contributed by atoms with Gasteiger partial charge in [0.1, 0.15) is 36.9 Å². The van der Waals surface area contributed by atoms with Crippen molar-refractivity contribution in [2.45, 2.75) is 18.6 Å². The number of hydrogen-bond acceptors (Lipinski definition) is 4. The highest BCUT2D eigenvalue weighted by Gasteiger charge is 2.28. The van der Waals surface area contributed by atoms with Gasteiger partial charge in [-0.3, -0.25) is 0 Å². The van der Waals surface area contributed by atoms with E-state index >= 15 is 0 Å². The molecule has 0 amide bonds. The summed E-state index contributed by atoms with van der Waals surface area (Å²) in [6, 6.07) is 12.5. The molecule has 0 spiro atoms. The van der Waals surface area contributed by atoms with Crippen LogP contribution in [0.4, 0.5) is 0 Å². The molecular weight excluding hydrogens is 292 g/mol. The van der Waals surface area contributed by atoms with Gasteiger partial charge in [0, 0.05) is 17.5 Å². The molecule has 2 aromatic carbocycles. The van der Waals surface area contributed by atoms with Gasteiger partial charge in [-0.25, -0.2) is 0 Å². The predicted octanol–water partition coefficient (Wildman–Crippen LogP) is 2.81. The van der Waals surface area contributed by atoms with E-state index in [2.05, 4.69) is 24.3 Å². The summed E-state index contributed by atoms with van der Waals surface area (Å²) in [6.07, 6.45) is 1.40. The van der Waals surface area contributed by atoms with E-state index in [0.29, 0.717) is 13.2 Å². The van der Waals surface area contributed by atoms with Gasteiger partial charge in [0.15, 0.2) is 0 Å². The maximum Gasteiger partial charge on any atom is 0.123 e. The highest BCUT2D eigenvalue weighted by Crippen LogP contribution is 2.44. The van der Waals surface area contributed by atoms with Gasteiger partial charge in [-0.15, -0.1) is 0 Å². The van der Waals surface area contributed by atoms with Crippen LogP contribution in [-0.2, 0) is 15.9 Å². The molecule has 2 saturated heterocycles. The molecule has 2 aliphatic heterocycles. The van der Waals surface area contributed by atoms with Gasteiger partial charge in [-0.05, 0) is 23.3 Å². The lowest BCUT2D eigenvalue weighted by atomic mass is 10.1. The van der Waals surface area contributed by atoms with Gasteiger partial charge in [0.25, 0.3) is 0 Å². The average Bonchev–Trinajstić information content (AvgIpc) is 3.49. The lowest BCUT2D eigenvalue weighted by Gasteiger charge is -2.09. The Labute approximate surface area is 134 Å². The average molecular weight is 310 g/mol. The van der Waals surface area contributed by atoms with E-state index in [1.54, 1.807) is 0 Å². The Hall–Kier alpha value is -2.04. The molecule has 0 bridgehead atoms. The third-order valence-corrected chi connectivity index (χ3v) is 4.56. The normalized spacial score (nSPS) is 23.1. The van der Waals surface area contributed by atoms with E-state index in [0.717, 1.165) is 31.1 Å². The molecule has 2 unspecified atom stereocenters. The van der Waals surface area contributed by atoms with Crippen molar-refractivity contribution >= 4 is 0 Å². The Balaban J connectivity index is 1.44. The van der Waals surface area contributed by atoms with Crippen LogP contribution in [0, 0.1) is 0 Å². The van der Waals surface area contributed by atoms with Crippen LogP contribution < -0.4 is 9.47 Å². The Morgan fingerprint density at radius 1 is 0.783 bits per heavy atom.